The van der Waals surface area contributed by atoms with E-state index in [0.717, 1.165) is 6.42 Å². The topological polar surface area (TPSA) is 43.4 Å². The first-order valence-electron chi connectivity index (χ1n) is 6.44. The molecule has 3 nitrogen and oxygen atoms in total. The Morgan fingerprint density at radius 1 is 1.24 bits per heavy atom. The summed E-state index contributed by atoms with van der Waals surface area (Å²) >= 11 is 0. The fraction of sp³-hybridized carbons (Fsp3) is 0.714. The molecule has 0 spiro atoms. The summed E-state index contributed by atoms with van der Waals surface area (Å²) in [5, 5.41) is 0. The molecule has 1 saturated heterocycles. The van der Waals surface area contributed by atoms with Gasteiger partial charge in [0.05, 0.1) is 11.8 Å². The van der Waals surface area contributed by atoms with E-state index in [1.54, 1.807) is 0 Å². The molecule has 0 N–H and O–H groups in total. The van der Waals surface area contributed by atoms with Gasteiger partial charge in [-0.2, -0.15) is 0 Å². The first kappa shape index (κ1) is 11.0. The fourth-order valence-electron chi connectivity index (χ4n) is 4.04. The molecule has 3 aliphatic carbocycles. The van der Waals surface area contributed by atoms with Crippen molar-refractivity contribution in [2.75, 3.05) is 0 Å². The lowest BCUT2D eigenvalue weighted by atomic mass is 9.54. The van der Waals surface area contributed by atoms with E-state index in [-0.39, 0.29) is 35.6 Å². The van der Waals surface area contributed by atoms with Crippen LogP contribution in [0.1, 0.15) is 27.2 Å². The maximum Gasteiger partial charge on any atom is 0.318 e. The first-order chi connectivity index (χ1) is 8.00. The largest absolute Gasteiger partial charge is 0.393 e. The molecule has 4 rings (SSSR count). The average molecular weight is 234 g/mol. The van der Waals surface area contributed by atoms with Gasteiger partial charge < -0.3 is 4.74 Å². The Labute approximate surface area is 101 Å². The monoisotopic (exact) mass is 234 g/mol. The van der Waals surface area contributed by atoms with E-state index in [9.17, 15) is 9.59 Å². The first-order valence-corrected chi connectivity index (χ1v) is 6.44. The van der Waals surface area contributed by atoms with Gasteiger partial charge in [-0.25, -0.2) is 0 Å². The Kier molecular flexibility index (Phi) is 2.22. The number of carbonyl (C=O) groups is 2. The van der Waals surface area contributed by atoms with Gasteiger partial charge in [0.1, 0.15) is 0 Å². The highest BCUT2D eigenvalue weighted by Gasteiger charge is 2.59. The Bertz CT molecular complexity index is 421. The molecular formula is C14H18O3. The van der Waals surface area contributed by atoms with E-state index in [1.807, 2.05) is 0 Å². The molecule has 92 valence electrons. The number of hydrogen-bond donors (Lipinski definition) is 0. The lowest BCUT2D eigenvalue weighted by Gasteiger charge is -2.47. The zero-order valence-corrected chi connectivity index (χ0v) is 10.5. The Morgan fingerprint density at radius 2 is 1.88 bits per heavy atom. The maximum absolute atomic E-state index is 11.8. The van der Waals surface area contributed by atoms with Gasteiger partial charge in [-0.15, -0.1) is 0 Å². The minimum atomic E-state index is -0.288. The number of hydrogen-bond acceptors (Lipinski definition) is 3. The van der Waals surface area contributed by atoms with Crippen molar-refractivity contribution in [3.05, 3.63) is 11.6 Å². The Balaban J connectivity index is 2.04. The number of carbonyl (C=O) groups excluding carboxylic acids is 2. The lowest BCUT2D eigenvalue weighted by Crippen LogP contribution is -2.46. The van der Waals surface area contributed by atoms with Crippen molar-refractivity contribution >= 4 is 11.9 Å². The third kappa shape index (κ3) is 1.34. The highest BCUT2D eigenvalue weighted by atomic mass is 16.6. The van der Waals surface area contributed by atoms with Gasteiger partial charge in [0.25, 0.3) is 0 Å². The molecule has 0 radical (unpaired) electrons. The van der Waals surface area contributed by atoms with Crippen molar-refractivity contribution < 1.29 is 14.3 Å². The summed E-state index contributed by atoms with van der Waals surface area (Å²) in [4.78, 5) is 23.6. The van der Waals surface area contributed by atoms with Gasteiger partial charge >= 0.3 is 11.9 Å². The van der Waals surface area contributed by atoms with Gasteiger partial charge in [0.15, 0.2) is 0 Å². The highest BCUT2D eigenvalue weighted by molar-refractivity contribution is 5.97. The normalized spacial score (nSPS) is 43.8. The van der Waals surface area contributed by atoms with Gasteiger partial charge in [-0.3, -0.25) is 9.59 Å². The van der Waals surface area contributed by atoms with Gasteiger partial charge in [0.2, 0.25) is 0 Å². The van der Waals surface area contributed by atoms with Crippen molar-refractivity contribution in [2.24, 2.45) is 35.5 Å². The van der Waals surface area contributed by atoms with Crippen LogP contribution in [-0.2, 0) is 14.3 Å². The van der Waals surface area contributed by atoms with Crippen LogP contribution < -0.4 is 0 Å². The molecule has 0 amide bonds. The van der Waals surface area contributed by atoms with E-state index in [0.29, 0.717) is 11.8 Å². The van der Waals surface area contributed by atoms with Crippen LogP contribution in [0.5, 0.6) is 0 Å². The summed E-state index contributed by atoms with van der Waals surface area (Å²) in [5.41, 5.74) is 1.28. The molecule has 0 aromatic carbocycles. The molecular weight excluding hydrogens is 216 g/mol. The summed E-state index contributed by atoms with van der Waals surface area (Å²) in [6.45, 7) is 6.48. The number of allylic oxidation sites excluding steroid dienone is 2. The molecule has 2 bridgehead atoms. The average Bonchev–Trinajstić information content (AvgIpc) is 2.56. The van der Waals surface area contributed by atoms with Crippen molar-refractivity contribution in [1.82, 2.24) is 0 Å². The molecule has 4 aliphatic rings. The second kappa shape index (κ2) is 3.44. The molecule has 1 saturated carbocycles. The zero-order chi connectivity index (χ0) is 12.3. The van der Waals surface area contributed by atoms with E-state index < -0.39 is 0 Å². The van der Waals surface area contributed by atoms with E-state index in [1.165, 1.54) is 5.57 Å². The van der Waals surface area contributed by atoms with Crippen LogP contribution in [-0.4, -0.2) is 11.9 Å². The van der Waals surface area contributed by atoms with E-state index in [2.05, 4.69) is 26.8 Å². The Hall–Kier alpha value is -1.12. The highest BCUT2D eigenvalue weighted by Crippen LogP contribution is 2.55. The van der Waals surface area contributed by atoms with Crippen molar-refractivity contribution in [3.8, 4) is 0 Å². The molecule has 0 aromatic heterocycles. The molecule has 1 heterocycles. The van der Waals surface area contributed by atoms with Gasteiger partial charge in [0, 0.05) is 0 Å². The molecule has 17 heavy (non-hydrogen) atoms. The number of cyclic esters (lactones) is 2. The quantitative estimate of drug-likeness (QED) is 0.397. The summed E-state index contributed by atoms with van der Waals surface area (Å²) in [7, 11) is 0. The molecule has 3 heteroatoms. The van der Waals surface area contributed by atoms with Crippen molar-refractivity contribution in [3.63, 3.8) is 0 Å². The number of esters is 2. The standard InChI is InChI=1S/C14H18O3/c1-6(2)8-5-9-7(3)4-10(8)12-11(9)13(15)17-14(12)16/h4,6,8-12H,5H2,1-3H3/t8-,9-,10+,11+,12+/m0/s1. The van der Waals surface area contributed by atoms with Crippen LogP contribution in [0.4, 0.5) is 0 Å². The van der Waals surface area contributed by atoms with E-state index >= 15 is 0 Å². The van der Waals surface area contributed by atoms with Crippen LogP contribution in [0, 0.1) is 35.5 Å². The Morgan fingerprint density at radius 3 is 2.53 bits per heavy atom. The number of fused-ring (bicyclic) bond motifs is 1. The number of ether oxygens (including phenoxy) is 1. The smallest absolute Gasteiger partial charge is 0.318 e. The predicted octanol–water partition coefficient (Wildman–Crippen LogP) is 2.17. The van der Waals surface area contributed by atoms with Crippen LogP contribution in [0.15, 0.2) is 11.6 Å². The predicted molar refractivity (Wildman–Crippen MR) is 61.8 cm³/mol. The number of rotatable bonds is 1. The second-order valence-electron chi connectivity index (χ2n) is 6.03. The zero-order valence-electron chi connectivity index (χ0n) is 10.5. The van der Waals surface area contributed by atoms with Crippen LogP contribution in [0.2, 0.25) is 0 Å². The molecule has 1 aliphatic heterocycles. The fourth-order valence-corrected chi connectivity index (χ4v) is 4.04. The lowest BCUT2D eigenvalue weighted by molar-refractivity contribution is -0.154. The third-order valence-electron chi connectivity index (χ3n) is 4.90. The van der Waals surface area contributed by atoms with Crippen LogP contribution in [0.25, 0.3) is 0 Å². The summed E-state index contributed by atoms with van der Waals surface area (Å²) < 4.78 is 4.85. The second-order valence-corrected chi connectivity index (χ2v) is 6.03. The summed E-state index contributed by atoms with van der Waals surface area (Å²) in [6.07, 6.45) is 3.26. The third-order valence-corrected chi connectivity index (χ3v) is 4.90. The SMILES string of the molecule is CC1=C[C@H]2[C@H]3C(=O)OC(=O)[C@@H]3[C@H]1C[C@H]2C(C)C. The van der Waals surface area contributed by atoms with Crippen LogP contribution in [0.3, 0.4) is 0 Å². The van der Waals surface area contributed by atoms with Crippen molar-refractivity contribution in [1.29, 1.82) is 0 Å². The summed E-state index contributed by atoms with van der Waals surface area (Å²) in [5.74, 6) is 0.554. The van der Waals surface area contributed by atoms with Crippen molar-refractivity contribution in [2.45, 2.75) is 27.2 Å². The summed E-state index contributed by atoms with van der Waals surface area (Å²) in [6, 6.07) is 0. The molecule has 5 atom stereocenters. The molecule has 0 unspecified atom stereocenters. The molecule has 2 fully saturated rings. The van der Waals surface area contributed by atoms with Crippen LogP contribution >= 0.6 is 0 Å². The van der Waals surface area contributed by atoms with Gasteiger partial charge in [-0.05, 0) is 37.0 Å². The maximum atomic E-state index is 11.8. The van der Waals surface area contributed by atoms with Gasteiger partial charge in [-0.1, -0.05) is 25.5 Å². The minimum Gasteiger partial charge on any atom is -0.393 e. The minimum absolute atomic E-state index is 0.188. The van der Waals surface area contributed by atoms with E-state index in [4.69, 9.17) is 4.74 Å². The molecule has 0 aromatic rings.